The molecule has 7 heteroatoms. The Morgan fingerprint density at radius 3 is 2.50 bits per heavy atom. The second-order valence-electron chi connectivity index (χ2n) is 6.32. The Labute approximate surface area is 152 Å². The van der Waals surface area contributed by atoms with Crippen LogP contribution >= 0.6 is 0 Å². The molecule has 0 aliphatic rings. The number of para-hydroxylation sites is 2. The Kier molecular flexibility index (Phi) is 5.08. The van der Waals surface area contributed by atoms with Gasteiger partial charge < -0.3 is 9.88 Å². The number of benzene rings is 2. The zero-order valence-corrected chi connectivity index (χ0v) is 15.6. The number of carbonyl (C=O) groups is 1. The summed E-state index contributed by atoms with van der Waals surface area (Å²) in [6.45, 7) is 3.05. The van der Waals surface area contributed by atoms with Crippen molar-refractivity contribution in [3.8, 4) is 0 Å². The minimum absolute atomic E-state index is 0.0259. The molecule has 1 N–H and O–H groups in total. The zero-order valence-electron chi connectivity index (χ0n) is 14.8. The Hall–Kier alpha value is -2.67. The molecule has 3 aromatic rings. The second-order valence-corrected chi connectivity index (χ2v) is 8.46. The summed E-state index contributed by atoms with van der Waals surface area (Å²) in [5.74, 6) is 0.700. The first-order chi connectivity index (χ1) is 12.3. The molecule has 0 radical (unpaired) electrons. The van der Waals surface area contributed by atoms with Crippen LogP contribution in [0.25, 0.3) is 11.0 Å². The quantitative estimate of drug-likeness (QED) is 0.721. The van der Waals surface area contributed by atoms with E-state index in [4.69, 9.17) is 0 Å². The Balaban J connectivity index is 1.61. The van der Waals surface area contributed by atoms with Gasteiger partial charge >= 0.3 is 0 Å². The van der Waals surface area contributed by atoms with Crippen LogP contribution in [0.3, 0.4) is 0 Å². The van der Waals surface area contributed by atoms with Crippen molar-refractivity contribution in [2.45, 2.75) is 19.2 Å². The molecular formula is C19H21N3O3S. The molecule has 0 aliphatic carbocycles. The van der Waals surface area contributed by atoms with Crippen molar-refractivity contribution in [1.82, 2.24) is 14.9 Å². The number of amides is 1. The SMILES string of the molecule is Cc1nc2ccccc2n1CCNC(=O)c1ccc(CS(C)(=O)=O)cc1. The van der Waals surface area contributed by atoms with E-state index in [2.05, 4.69) is 14.9 Å². The zero-order chi connectivity index (χ0) is 18.7. The van der Waals surface area contributed by atoms with Crippen LogP contribution in [0.5, 0.6) is 0 Å². The average molecular weight is 371 g/mol. The van der Waals surface area contributed by atoms with E-state index in [0.717, 1.165) is 16.9 Å². The van der Waals surface area contributed by atoms with E-state index in [9.17, 15) is 13.2 Å². The summed E-state index contributed by atoms with van der Waals surface area (Å²) in [5.41, 5.74) is 3.17. The van der Waals surface area contributed by atoms with E-state index in [-0.39, 0.29) is 11.7 Å². The van der Waals surface area contributed by atoms with Gasteiger partial charge in [0.05, 0.1) is 16.8 Å². The van der Waals surface area contributed by atoms with Crippen LogP contribution in [0.1, 0.15) is 21.7 Å². The molecule has 1 amide bonds. The van der Waals surface area contributed by atoms with Gasteiger partial charge in [-0.3, -0.25) is 4.79 Å². The van der Waals surface area contributed by atoms with Gasteiger partial charge in [0.15, 0.2) is 9.84 Å². The van der Waals surface area contributed by atoms with Gasteiger partial charge in [-0.15, -0.1) is 0 Å². The standard InChI is InChI=1S/C19H21N3O3S/c1-14-21-17-5-3-4-6-18(17)22(14)12-11-20-19(23)16-9-7-15(8-10-16)13-26(2,24)25/h3-10H,11-13H2,1-2H3,(H,20,23). The molecule has 136 valence electrons. The van der Waals surface area contributed by atoms with Crippen molar-refractivity contribution >= 4 is 26.8 Å². The maximum Gasteiger partial charge on any atom is 0.251 e. The van der Waals surface area contributed by atoms with Crippen LogP contribution in [0.15, 0.2) is 48.5 Å². The molecule has 1 heterocycles. The molecule has 0 bridgehead atoms. The van der Waals surface area contributed by atoms with Crippen LogP contribution in [-0.4, -0.2) is 36.7 Å². The Morgan fingerprint density at radius 2 is 1.81 bits per heavy atom. The summed E-state index contributed by atoms with van der Waals surface area (Å²) in [6, 6.07) is 14.5. The van der Waals surface area contributed by atoms with Crippen LogP contribution in [0, 0.1) is 6.92 Å². The minimum atomic E-state index is -3.08. The lowest BCUT2D eigenvalue weighted by Crippen LogP contribution is -2.27. The normalized spacial score (nSPS) is 11.6. The highest BCUT2D eigenvalue weighted by molar-refractivity contribution is 7.89. The van der Waals surface area contributed by atoms with Crippen LogP contribution < -0.4 is 5.32 Å². The molecule has 0 saturated heterocycles. The number of carbonyl (C=O) groups excluding carboxylic acids is 1. The van der Waals surface area contributed by atoms with E-state index >= 15 is 0 Å². The maximum atomic E-state index is 12.3. The molecule has 26 heavy (non-hydrogen) atoms. The number of nitrogens with one attached hydrogen (secondary N) is 1. The largest absolute Gasteiger partial charge is 0.350 e. The van der Waals surface area contributed by atoms with Crippen molar-refractivity contribution < 1.29 is 13.2 Å². The van der Waals surface area contributed by atoms with Gasteiger partial charge in [-0.25, -0.2) is 13.4 Å². The highest BCUT2D eigenvalue weighted by Gasteiger charge is 2.09. The van der Waals surface area contributed by atoms with Gasteiger partial charge in [-0.1, -0.05) is 24.3 Å². The van der Waals surface area contributed by atoms with Crippen molar-refractivity contribution in [3.63, 3.8) is 0 Å². The summed E-state index contributed by atoms with van der Waals surface area (Å²) >= 11 is 0. The van der Waals surface area contributed by atoms with Gasteiger partial charge in [-0.2, -0.15) is 0 Å². The van der Waals surface area contributed by atoms with E-state index in [1.54, 1.807) is 24.3 Å². The lowest BCUT2D eigenvalue weighted by molar-refractivity contribution is 0.0952. The van der Waals surface area contributed by atoms with Crippen molar-refractivity contribution in [2.24, 2.45) is 0 Å². The van der Waals surface area contributed by atoms with Crippen molar-refractivity contribution in [3.05, 3.63) is 65.5 Å². The number of aryl methyl sites for hydroxylation is 1. The van der Waals surface area contributed by atoms with E-state index < -0.39 is 9.84 Å². The number of nitrogens with zero attached hydrogens (tertiary/aromatic N) is 2. The molecule has 0 saturated carbocycles. The minimum Gasteiger partial charge on any atom is -0.350 e. The number of sulfone groups is 1. The van der Waals surface area contributed by atoms with E-state index in [1.807, 2.05) is 31.2 Å². The molecular weight excluding hydrogens is 350 g/mol. The first kappa shape index (κ1) is 18.1. The predicted molar refractivity (Wildman–Crippen MR) is 102 cm³/mol. The van der Waals surface area contributed by atoms with Gasteiger partial charge in [0, 0.05) is 24.9 Å². The summed E-state index contributed by atoms with van der Waals surface area (Å²) < 4.78 is 24.7. The van der Waals surface area contributed by atoms with Crippen LogP contribution in [0.2, 0.25) is 0 Å². The van der Waals surface area contributed by atoms with E-state index in [0.29, 0.717) is 24.2 Å². The number of rotatable bonds is 6. The summed E-state index contributed by atoms with van der Waals surface area (Å²) in [6.07, 6.45) is 1.19. The fourth-order valence-corrected chi connectivity index (χ4v) is 3.71. The highest BCUT2D eigenvalue weighted by atomic mass is 32.2. The first-order valence-electron chi connectivity index (χ1n) is 8.30. The Morgan fingerprint density at radius 1 is 1.12 bits per heavy atom. The van der Waals surface area contributed by atoms with Gasteiger partial charge in [-0.05, 0) is 36.8 Å². The molecule has 0 spiro atoms. The Bertz CT molecular complexity index is 1040. The summed E-state index contributed by atoms with van der Waals surface area (Å²) in [4.78, 5) is 16.8. The van der Waals surface area contributed by atoms with E-state index in [1.165, 1.54) is 6.26 Å². The average Bonchev–Trinajstić information content (AvgIpc) is 2.90. The number of fused-ring (bicyclic) bond motifs is 1. The molecule has 0 aliphatic heterocycles. The molecule has 0 unspecified atom stereocenters. The lowest BCUT2D eigenvalue weighted by atomic mass is 10.1. The third kappa shape index (κ3) is 4.29. The summed E-state index contributed by atoms with van der Waals surface area (Å²) in [5, 5.41) is 2.89. The van der Waals surface area contributed by atoms with Crippen molar-refractivity contribution in [2.75, 3.05) is 12.8 Å². The fourth-order valence-electron chi connectivity index (χ4n) is 2.92. The predicted octanol–water partition coefficient (Wildman–Crippen LogP) is 2.32. The number of hydrogen-bond acceptors (Lipinski definition) is 4. The smallest absolute Gasteiger partial charge is 0.251 e. The molecule has 0 atom stereocenters. The highest BCUT2D eigenvalue weighted by Crippen LogP contribution is 2.15. The van der Waals surface area contributed by atoms with Crippen LogP contribution in [-0.2, 0) is 22.1 Å². The fraction of sp³-hybridized carbons (Fsp3) is 0.263. The number of aromatic nitrogens is 2. The monoisotopic (exact) mass is 371 g/mol. The second kappa shape index (κ2) is 7.29. The number of hydrogen-bond donors (Lipinski definition) is 1. The maximum absolute atomic E-state index is 12.3. The molecule has 2 aromatic carbocycles. The third-order valence-electron chi connectivity index (χ3n) is 4.11. The molecule has 0 fully saturated rings. The first-order valence-corrected chi connectivity index (χ1v) is 10.4. The van der Waals surface area contributed by atoms with Gasteiger partial charge in [0.2, 0.25) is 0 Å². The molecule has 1 aromatic heterocycles. The van der Waals surface area contributed by atoms with Gasteiger partial charge in [0.1, 0.15) is 5.82 Å². The topological polar surface area (TPSA) is 81.1 Å². The summed E-state index contributed by atoms with van der Waals surface area (Å²) in [7, 11) is -3.08. The van der Waals surface area contributed by atoms with Crippen molar-refractivity contribution in [1.29, 1.82) is 0 Å². The number of imidazole rings is 1. The molecule has 3 rings (SSSR count). The molecule has 6 nitrogen and oxygen atoms in total. The van der Waals surface area contributed by atoms with Gasteiger partial charge in [0.25, 0.3) is 5.91 Å². The third-order valence-corrected chi connectivity index (χ3v) is 4.97. The lowest BCUT2D eigenvalue weighted by Gasteiger charge is -2.09. The van der Waals surface area contributed by atoms with Crippen LogP contribution in [0.4, 0.5) is 0 Å².